The van der Waals surface area contributed by atoms with Crippen LogP contribution >= 0.6 is 34.8 Å². The van der Waals surface area contributed by atoms with Crippen LogP contribution in [0, 0.1) is 11.8 Å². The fourth-order valence-electron chi connectivity index (χ4n) is 4.76. The smallest absolute Gasteiger partial charge is 0.275 e. The maximum atomic E-state index is 13.8. The first-order chi connectivity index (χ1) is 16.3. The van der Waals surface area contributed by atoms with Gasteiger partial charge in [-0.15, -0.1) is 11.6 Å². The number of hydrazine groups is 1. The van der Waals surface area contributed by atoms with Gasteiger partial charge in [0, 0.05) is 16.5 Å². The van der Waals surface area contributed by atoms with Crippen molar-refractivity contribution in [1.29, 1.82) is 0 Å². The highest BCUT2D eigenvalue weighted by Gasteiger charge is 2.53. The van der Waals surface area contributed by atoms with Crippen molar-refractivity contribution in [2.24, 2.45) is 11.8 Å². The Labute approximate surface area is 212 Å². The van der Waals surface area contributed by atoms with Crippen LogP contribution in [0.3, 0.4) is 0 Å². The highest BCUT2D eigenvalue weighted by molar-refractivity contribution is 6.34. The molecule has 3 atom stereocenters. The van der Waals surface area contributed by atoms with E-state index in [1.165, 1.54) is 24.3 Å². The summed E-state index contributed by atoms with van der Waals surface area (Å²) in [6.45, 7) is 0. The first kappa shape index (κ1) is 24.7. The van der Waals surface area contributed by atoms with Crippen LogP contribution in [0.25, 0.3) is 0 Å². The second-order valence-corrected chi connectivity index (χ2v) is 9.70. The summed E-state index contributed by atoms with van der Waals surface area (Å²) < 4.78 is 0. The number of amides is 3. The summed E-state index contributed by atoms with van der Waals surface area (Å²) in [7, 11) is 0. The van der Waals surface area contributed by atoms with Crippen LogP contribution in [0.5, 0.6) is 0 Å². The number of ketones is 1. The van der Waals surface area contributed by atoms with Gasteiger partial charge in [-0.05, 0) is 55.7 Å². The Hall–Kier alpha value is -2.41. The monoisotopic (exact) mass is 520 g/mol. The van der Waals surface area contributed by atoms with Gasteiger partial charge in [0.05, 0.1) is 22.4 Å². The molecule has 178 valence electrons. The number of benzene rings is 2. The third-order valence-corrected chi connectivity index (χ3v) is 7.25. The third-order valence-electron chi connectivity index (χ3n) is 6.45. The quantitative estimate of drug-likeness (QED) is 0.277. The average molecular weight is 522 g/mol. The molecule has 1 saturated heterocycles. The second-order valence-electron chi connectivity index (χ2n) is 8.48. The van der Waals surface area contributed by atoms with Crippen LogP contribution < -0.4 is 0 Å². The molecule has 2 aromatic rings. The Morgan fingerprint density at radius 2 is 1.53 bits per heavy atom. The Morgan fingerprint density at radius 1 is 0.941 bits per heavy atom. The van der Waals surface area contributed by atoms with Crippen molar-refractivity contribution in [1.82, 2.24) is 10.0 Å². The Bertz CT molecular complexity index is 1100. The topological polar surface area (TPSA) is 74.8 Å². The van der Waals surface area contributed by atoms with Gasteiger partial charge in [-0.25, -0.2) is 5.01 Å². The molecule has 6 nitrogen and oxygen atoms in total. The Morgan fingerprint density at radius 3 is 2.09 bits per heavy atom. The Balaban J connectivity index is 1.82. The maximum absolute atomic E-state index is 13.8. The number of carbonyl (C=O) groups is 4. The molecule has 0 aromatic heterocycles. The number of alkyl halides is 1. The molecule has 1 saturated carbocycles. The van der Waals surface area contributed by atoms with Crippen LogP contribution in [-0.2, 0) is 9.59 Å². The summed E-state index contributed by atoms with van der Waals surface area (Å²) in [5.41, 5.74) is 0.371. The van der Waals surface area contributed by atoms with Crippen LogP contribution in [0.1, 0.15) is 52.8 Å². The minimum absolute atomic E-state index is 0.0272. The number of rotatable bonds is 7. The number of nitrogens with zero attached hydrogens (tertiary/aromatic N) is 2. The summed E-state index contributed by atoms with van der Waals surface area (Å²) in [5, 5.41) is 2.47. The minimum atomic E-state index is -1.18. The highest BCUT2D eigenvalue weighted by Crippen LogP contribution is 2.40. The van der Waals surface area contributed by atoms with E-state index in [4.69, 9.17) is 34.8 Å². The predicted molar refractivity (Wildman–Crippen MR) is 130 cm³/mol. The molecule has 0 bridgehead atoms. The van der Waals surface area contributed by atoms with E-state index in [1.807, 2.05) is 0 Å². The summed E-state index contributed by atoms with van der Waals surface area (Å²) in [6, 6.07) is 11.4. The summed E-state index contributed by atoms with van der Waals surface area (Å²) in [6.07, 6.45) is 2.85. The zero-order valence-corrected chi connectivity index (χ0v) is 20.5. The molecule has 1 aliphatic heterocycles. The molecule has 2 fully saturated rings. The number of imide groups is 1. The number of hydrogen-bond donors (Lipinski definition) is 0. The van der Waals surface area contributed by atoms with Crippen LogP contribution in [-0.4, -0.2) is 45.4 Å². The number of hydrogen-bond acceptors (Lipinski definition) is 4. The highest BCUT2D eigenvalue weighted by atomic mass is 35.5. The van der Waals surface area contributed by atoms with Crippen molar-refractivity contribution in [3.8, 4) is 0 Å². The van der Waals surface area contributed by atoms with Gasteiger partial charge in [0.1, 0.15) is 6.04 Å². The molecule has 0 N–H and O–H groups in total. The van der Waals surface area contributed by atoms with E-state index >= 15 is 0 Å². The van der Waals surface area contributed by atoms with Gasteiger partial charge >= 0.3 is 0 Å². The lowest BCUT2D eigenvalue weighted by atomic mass is 9.81. The summed E-state index contributed by atoms with van der Waals surface area (Å²) in [4.78, 5) is 54.3. The molecule has 0 radical (unpaired) electrons. The molecule has 34 heavy (non-hydrogen) atoms. The van der Waals surface area contributed by atoms with Crippen molar-refractivity contribution in [3.05, 3.63) is 69.7 Å². The van der Waals surface area contributed by atoms with E-state index in [1.54, 1.807) is 24.3 Å². The lowest BCUT2D eigenvalue weighted by Gasteiger charge is -2.36. The van der Waals surface area contributed by atoms with Gasteiger partial charge in [0.15, 0.2) is 5.78 Å². The van der Waals surface area contributed by atoms with Crippen molar-refractivity contribution in [3.63, 3.8) is 0 Å². The number of fused-ring (bicyclic) bond motifs is 1. The van der Waals surface area contributed by atoms with E-state index in [0.717, 1.165) is 22.9 Å². The van der Waals surface area contributed by atoms with E-state index in [2.05, 4.69) is 0 Å². The average Bonchev–Trinajstić information content (AvgIpc) is 3.09. The normalized spacial score (nSPS) is 20.7. The first-order valence-corrected chi connectivity index (χ1v) is 12.5. The predicted octanol–water partition coefficient (Wildman–Crippen LogP) is 5.41. The largest absolute Gasteiger partial charge is 0.292 e. The molecule has 0 unspecified atom stereocenters. The lowest BCUT2D eigenvalue weighted by Crippen LogP contribution is -2.57. The van der Waals surface area contributed by atoms with Crippen molar-refractivity contribution in [2.75, 3.05) is 5.88 Å². The molecule has 1 aliphatic carbocycles. The van der Waals surface area contributed by atoms with Gasteiger partial charge < -0.3 is 0 Å². The van der Waals surface area contributed by atoms with Gasteiger partial charge in [0.25, 0.3) is 17.7 Å². The molecule has 9 heteroatoms. The first-order valence-electron chi connectivity index (χ1n) is 11.2. The zero-order valence-electron chi connectivity index (χ0n) is 18.3. The van der Waals surface area contributed by atoms with Gasteiger partial charge in [-0.2, -0.15) is 5.01 Å². The van der Waals surface area contributed by atoms with Crippen LogP contribution in [0.4, 0.5) is 0 Å². The van der Waals surface area contributed by atoms with E-state index in [-0.39, 0.29) is 28.5 Å². The Kier molecular flexibility index (Phi) is 7.60. The minimum Gasteiger partial charge on any atom is -0.292 e. The third kappa shape index (κ3) is 4.59. The molecule has 1 heterocycles. The standard InChI is InChI=1S/C25H23Cl3N2O4/c26-14-13-21(22(31)15-9-11-16(27)12-10-15)29(25(34)19-7-3-4-8-20(19)28)30-23(32)17-5-1-2-6-18(17)24(30)33/h3-4,7-12,17-18,21H,1-2,5-6,13-14H2/t17-,18+,21-/m0/s1. The molecular weight excluding hydrogens is 499 g/mol. The molecule has 2 aliphatic rings. The van der Waals surface area contributed by atoms with Gasteiger partial charge in [0.2, 0.25) is 0 Å². The van der Waals surface area contributed by atoms with E-state index in [0.29, 0.717) is 17.9 Å². The number of Topliss-reactive ketones (excluding diaryl/α,β-unsaturated/α-hetero) is 1. The molecule has 0 spiro atoms. The van der Waals surface area contributed by atoms with Crippen LogP contribution in [0.2, 0.25) is 10.0 Å². The van der Waals surface area contributed by atoms with Crippen molar-refractivity contribution < 1.29 is 19.2 Å². The van der Waals surface area contributed by atoms with Gasteiger partial charge in [-0.1, -0.05) is 48.2 Å². The fraction of sp³-hybridized carbons (Fsp3) is 0.360. The molecule has 4 rings (SSSR count). The SMILES string of the molecule is O=C(c1ccc(Cl)cc1)[C@H](CCCl)N(C(=O)c1ccccc1Cl)N1C(=O)[C@H]2CCCC[C@H]2C1=O. The van der Waals surface area contributed by atoms with Gasteiger partial charge in [-0.3, -0.25) is 19.2 Å². The van der Waals surface area contributed by atoms with Crippen LogP contribution in [0.15, 0.2) is 48.5 Å². The van der Waals surface area contributed by atoms with E-state index < -0.39 is 41.4 Å². The van der Waals surface area contributed by atoms with Crippen molar-refractivity contribution >= 4 is 58.3 Å². The summed E-state index contributed by atoms with van der Waals surface area (Å²) >= 11 is 18.3. The van der Waals surface area contributed by atoms with E-state index in [9.17, 15) is 19.2 Å². The lowest BCUT2D eigenvalue weighted by molar-refractivity contribution is -0.156. The van der Waals surface area contributed by atoms with Crippen molar-refractivity contribution in [2.45, 2.75) is 38.1 Å². The molecular formula is C25H23Cl3N2O4. The second kappa shape index (κ2) is 10.5. The zero-order chi connectivity index (χ0) is 24.4. The number of halogens is 3. The molecule has 2 aromatic carbocycles. The number of carbonyl (C=O) groups excluding carboxylic acids is 4. The maximum Gasteiger partial charge on any atom is 0.275 e. The fourth-order valence-corrected chi connectivity index (χ4v) is 5.31. The molecule has 3 amide bonds. The summed E-state index contributed by atoms with van der Waals surface area (Å²) in [5.74, 6) is -3.04.